The Kier molecular flexibility index (Phi) is 4.15. The summed E-state index contributed by atoms with van der Waals surface area (Å²) in [4.78, 5) is 9.55. The van der Waals surface area contributed by atoms with Crippen molar-refractivity contribution in [2.75, 3.05) is 26.2 Å². The Bertz CT molecular complexity index is 614. The number of rotatable bonds is 4. The van der Waals surface area contributed by atoms with Crippen LogP contribution in [0.3, 0.4) is 0 Å². The smallest absolute Gasteiger partial charge is 0.0335 e. The van der Waals surface area contributed by atoms with E-state index in [9.17, 15) is 0 Å². The van der Waals surface area contributed by atoms with Crippen LogP contribution in [0.25, 0.3) is 0 Å². The highest BCUT2D eigenvalue weighted by atomic mass is 15.2. The van der Waals surface area contributed by atoms with Gasteiger partial charge in [-0.15, -0.1) is 0 Å². The Morgan fingerprint density at radius 2 is 1.74 bits per heavy atom. The van der Waals surface area contributed by atoms with Crippen molar-refractivity contribution in [3.63, 3.8) is 0 Å². The molecule has 2 aliphatic rings. The fourth-order valence-corrected chi connectivity index (χ4v) is 4.25. The van der Waals surface area contributed by atoms with Gasteiger partial charge in [-0.25, -0.2) is 0 Å². The molecule has 2 saturated heterocycles. The summed E-state index contributed by atoms with van der Waals surface area (Å²) < 4.78 is 0. The lowest BCUT2D eigenvalue weighted by Gasteiger charge is -2.27. The van der Waals surface area contributed by atoms with Crippen LogP contribution in [0.4, 0.5) is 0 Å². The van der Waals surface area contributed by atoms with Crippen LogP contribution in [0.5, 0.6) is 0 Å². The summed E-state index contributed by atoms with van der Waals surface area (Å²) in [6.07, 6.45) is 3.87. The minimum atomic E-state index is 0.483. The van der Waals surface area contributed by atoms with Crippen LogP contribution >= 0.6 is 0 Å². The molecule has 23 heavy (non-hydrogen) atoms. The number of benzene rings is 1. The molecule has 3 atom stereocenters. The molecular formula is C20H25N3. The molecule has 0 N–H and O–H groups in total. The first-order valence-electron chi connectivity index (χ1n) is 8.70. The Morgan fingerprint density at radius 3 is 2.39 bits per heavy atom. The molecule has 120 valence electrons. The summed E-state index contributed by atoms with van der Waals surface area (Å²) in [5, 5.41) is 0. The molecule has 2 fully saturated rings. The zero-order valence-corrected chi connectivity index (χ0v) is 13.8. The molecule has 1 aromatic carbocycles. The highest BCUT2D eigenvalue weighted by Gasteiger charge is 2.41. The van der Waals surface area contributed by atoms with Gasteiger partial charge < -0.3 is 0 Å². The van der Waals surface area contributed by atoms with Gasteiger partial charge in [0, 0.05) is 51.2 Å². The van der Waals surface area contributed by atoms with E-state index in [-0.39, 0.29) is 0 Å². The molecule has 0 aliphatic carbocycles. The molecule has 2 aliphatic heterocycles. The lowest BCUT2D eigenvalue weighted by Crippen LogP contribution is -2.30. The van der Waals surface area contributed by atoms with Gasteiger partial charge in [0.15, 0.2) is 0 Å². The SMILES string of the molecule is C[C@H](c1cccnc1)N1C[C@H]2CN(Cc3ccccc3)C[C@H]2C1. The quantitative estimate of drug-likeness (QED) is 0.864. The van der Waals surface area contributed by atoms with E-state index >= 15 is 0 Å². The van der Waals surface area contributed by atoms with Gasteiger partial charge in [0.1, 0.15) is 0 Å². The van der Waals surface area contributed by atoms with Crippen molar-refractivity contribution in [2.24, 2.45) is 11.8 Å². The number of hydrogen-bond donors (Lipinski definition) is 0. The second kappa shape index (κ2) is 6.42. The fraction of sp³-hybridized carbons (Fsp3) is 0.450. The third kappa shape index (κ3) is 3.17. The Hall–Kier alpha value is -1.71. The van der Waals surface area contributed by atoms with Crippen molar-refractivity contribution in [1.29, 1.82) is 0 Å². The fourth-order valence-electron chi connectivity index (χ4n) is 4.25. The highest BCUT2D eigenvalue weighted by Crippen LogP contribution is 2.36. The molecule has 0 bridgehead atoms. The highest BCUT2D eigenvalue weighted by molar-refractivity contribution is 5.16. The van der Waals surface area contributed by atoms with E-state index in [1.807, 2.05) is 18.5 Å². The second-order valence-corrected chi connectivity index (χ2v) is 7.12. The number of pyridine rings is 1. The first-order valence-corrected chi connectivity index (χ1v) is 8.70. The van der Waals surface area contributed by atoms with E-state index in [4.69, 9.17) is 0 Å². The van der Waals surface area contributed by atoms with Crippen molar-refractivity contribution >= 4 is 0 Å². The van der Waals surface area contributed by atoms with Crippen LogP contribution in [0.2, 0.25) is 0 Å². The van der Waals surface area contributed by atoms with E-state index in [0.29, 0.717) is 6.04 Å². The van der Waals surface area contributed by atoms with Crippen LogP contribution in [-0.2, 0) is 6.54 Å². The van der Waals surface area contributed by atoms with Crippen LogP contribution in [0.15, 0.2) is 54.9 Å². The molecule has 4 rings (SSSR count). The molecule has 2 aromatic rings. The molecule has 3 heterocycles. The number of aromatic nitrogens is 1. The van der Waals surface area contributed by atoms with Crippen LogP contribution in [0.1, 0.15) is 24.1 Å². The first kappa shape index (κ1) is 14.9. The van der Waals surface area contributed by atoms with Crippen LogP contribution < -0.4 is 0 Å². The molecule has 0 radical (unpaired) electrons. The summed E-state index contributed by atoms with van der Waals surface area (Å²) >= 11 is 0. The molecule has 0 saturated carbocycles. The maximum atomic E-state index is 4.27. The van der Waals surface area contributed by atoms with Gasteiger partial charge in [-0.05, 0) is 36.0 Å². The van der Waals surface area contributed by atoms with Gasteiger partial charge in [-0.2, -0.15) is 0 Å². The van der Waals surface area contributed by atoms with Gasteiger partial charge in [0.25, 0.3) is 0 Å². The molecule has 0 amide bonds. The van der Waals surface area contributed by atoms with Crippen molar-refractivity contribution in [3.05, 3.63) is 66.0 Å². The topological polar surface area (TPSA) is 19.4 Å². The molecule has 3 heteroatoms. The van der Waals surface area contributed by atoms with Crippen LogP contribution in [-0.4, -0.2) is 41.0 Å². The normalized spacial score (nSPS) is 26.3. The number of likely N-dealkylation sites (tertiary alicyclic amines) is 2. The molecule has 3 nitrogen and oxygen atoms in total. The van der Waals surface area contributed by atoms with Crippen molar-refractivity contribution in [1.82, 2.24) is 14.8 Å². The first-order chi connectivity index (χ1) is 11.3. The zero-order chi connectivity index (χ0) is 15.6. The standard InChI is InChI=1S/C20H25N3/c1-16(18-8-5-9-21-10-18)23-14-19-12-22(13-20(19)15-23)11-17-6-3-2-4-7-17/h2-10,16,19-20H,11-15H2,1H3/t16-,19-,20+/m1/s1. The van der Waals surface area contributed by atoms with Gasteiger partial charge in [-0.3, -0.25) is 14.8 Å². The number of hydrogen-bond acceptors (Lipinski definition) is 3. The monoisotopic (exact) mass is 307 g/mol. The van der Waals surface area contributed by atoms with Gasteiger partial charge in [-0.1, -0.05) is 36.4 Å². The van der Waals surface area contributed by atoms with Gasteiger partial charge >= 0.3 is 0 Å². The maximum Gasteiger partial charge on any atom is 0.0335 e. The average molecular weight is 307 g/mol. The second-order valence-electron chi connectivity index (χ2n) is 7.12. The van der Waals surface area contributed by atoms with Gasteiger partial charge in [0.2, 0.25) is 0 Å². The lowest BCUT2D eigenvalue weighted by molar-refractivity contribution is 0.212. The van der Waals surface area contributed by atoms with E-state index < -0.39 is 0 Å². The molecule has 0 spiro atoms. The van der Waals surface area contributed by atoms with Crippen molar-refractivity contribution < 1.29 is 0 Å². The average Bonchev–Trinajstić information content (AvgIpc) is 3.14. The predicted octanol–water partition coefficient (Wildman–Crippen LogP) is 3.21. The van der Waals surface area contributed by atoms with E-state index in [1.54, 1.807) is 0 Å². The Morgan fingerprint density at radius 1 is 1.00 bits per heavy atom. The number of nitrogens with zero attached hydrogens (tertiary/aromatic N) is 3. The predicted molar refractivity (Wildman–Crippen MR) is 92.9 cm³/mol. The number of fused-ring (bicyclic) bond motifs is 1. The largest absolute Gasteiger partial charge is 0.298 e. The minimum absolute atomic E-state index is 0.483. The lowest BCUT2D eigenvalue weighted by atomic mass is 10.0. The van der Waals surface area contributed by atoms with Crippen LogP contribution in [0, 0.1) is 11.8 Å². The summed E-state index contributed by atoms with van der Waals surface area (Å²) in [5.41, 5.74) is 2.78. The zero-order valence-electron chi connectivity index (χ0n) is 13.8. The third-order valence-corrected chi connectivity index (χ3v) is 5.55. The summed E-state index contributed by atoms with van der Waals surface area (Å²) in [5.74, 6) is 1.66. The Balaban J connectivity index is 1.35. The van der Waals surface area contributed by atoms with E-state index in [2.05, 4.69) is 58.1 Å². The molecule has 1 aromatic heterocycles. The van der Waals surface area contributed by atoms with Gasteiger partial charge in [0.05, 0.1) is 0 Å². The summed E-state index contributed by atoms with van der Waals surface area (Å²) in [7, 11) is 0. The molecule has 0 unspecified atom stereocenters. The maximum absolute atomic E-state index is 4.27. The summed E-state index contributed by atoms with van der Waals surface area (Å²) in [6.45, 7) is 8.37. The molecular weight excluding hydrogens is 282 g/mol. The van der Waals surface area contributed by atoms with Crippen molar-refractivity contribution in [3.8, 4) is 0 Å². The third-order valence-electron chi connectivity index (χ3n) is 5.55. The Labute approximate surface area is 139 Å². The van der Waals surface area contributed by atoms with E-state index in [1.165, 1.54) is 37.3 Å². The van der Waals surface area contributed by atoms with Crippen molar-refractivity contribution in [2.45, 2.75) is 19.5 Å². The summed E-state index contributed by atoms with van der Waals surface area (Å²) in [6, 6.07) is 15.6. The van der Waals surface area contributed by atoms with E-state index in [0.717, 1.165) is 18.4 Å². The minimum Gasteiger partial charge on any atom is -0.298 e.